The minimum atomic E-state index is -3.28. The number of nitrogens with two attached hydrogens (primary N) is 1. The van der Waals surface area contributed by atoms with Gasteiger partial charge >= 0.3 is 0 Å². The molecule has 0 saturated carbocycles. The second-order valence-corrected chi connectivity index (χ2v) is 5.71. The Hall–Kier alpha value is -0.210. The normalized spacial score (nSPS) is 13.8. The van der Waals surface area contributed by atoms with Crippen molar-refractivity contribution in [1.29, 1.82) is 0 Å². The summed E-state index contributed by atoms with van der Waals surface area (Å²) < 4.78 is 35.9. The first-order valence-corrected chi connectivity index (χ1v) is 7.38. The van der Waals surface area contributed by atoms with Crippen molar-refractivity contribution < 1.29 is 17.9 Å². The monoisotopic (exact) mass is 268 g/mol. The Morgan fingerprint density at radius 3 is 2.53 bits per heavy atom. The fraction of sp³-hybridized carbons (Fsp3) is 1.00. The van der Waals surface area contributed by atoms with E-state index >= 15 is 0 Å². The maximum atomic E-state index is 11.7. The molecule has 104 valence electrons. The Kier molecular flexibility index (Phi) is 9.66. The summed E-state index contributed by atoms with van der Waals surface area (Å²) in [6.45, 7) is 3.94. The quantitative estimate of drug-likeness (QED) is 0.502. The van der Waals surface area contributed by atoms with Crippen molar-refractivity contribution >= 4 is 10.0 Å². The topological polar surface area (TPSA) is 90.7 Å². The second kappa shape index (κ2) is 9.78. The Morgan fingerprint density at radius 1 is 1.29 bits per heavy atom. The largest absolute Gasteiger partial charge is 0.382 e. The smallest absolute Gasteiger partial charge is 0.215 e. The second-order valence-electron chi connectivity index (χ2n) is 3.66. The number of ether oxygens (including phenoxy) is 2. The van der Waals surface area contributed by atoms with E-state index in [0.717, 1.165) is 0 Å². The van der Waals surface area contributed by atoms with Crippen molar-refractivity contribution in [2.75, 3.05) is 40.0 Å². The van der Waals surface area contributed by atoms with Gasteiger partial charge in [0.15, 0.2) is 0 Å². The van der Waals surface area contributed by atoms with E-state index in [-0.39, 0.29) is 6.54 Å². The predicted octanol–water partition coefficient (Wildman–Crippen LogP) is -0.304. The van der Waals surface area contributed by atoms with Crippen LogP contribution in [-0.2, 0) is 19.5 Å². The third-order valence-electron chi connectivity index (χ3n) is 2.36. The van der Waals surface area contributed by atoms with Gasteiger partial charge in [0.25, 0.3) is 0 Å². The molecule has 3 N–H and O–H groups in total. The summed E-state index contributed by atoms with van der Waals surface area (Å²) in [6.07, 6.45) is 1.17. The van der Waals surface area contributed by atoms with Crippen LogP contribution in [0.15, 0.2) is 0 Å². The Balaban J connectivity index is 3.66. The first-order chi connectivity index (χ1) is 8.08. The van der Waals surface area contributed by atoms with Crippen molar-refractivity contribution in [3.05, 3.63) is 0 Å². The van der Waals surface area contributed by atoms with Crippen molar-refractivity contribution in [2.45, 2.75) is 25.0 Å². The van der Waals surface area contributed by atoms with E-state index in [2.05, 4.69) is 4.72 Å². The Bertz CT molecular complexity index is 265. The molecule has 7 heteroatoms. The summed E-state index contributed by atoms with van der Waals surface area (Å²) >= 11 is 0. The minimum absolute atomic E-state index is 0.149. The zero-order chi connectivity index (χ0) is 13.1. The van der Waals surface area contributed by atoms with Crippen LogP contribution in [0.25, 0.3) is 0 Å². The summed E-state index contributed by atoms with van der Waals surface area (Å²) in [5.41, 5.74) is 5.40. The first-order valence-electron chi connectivity index (χ1n) is 5.83. The molecule has 0 aromatic heterocycles. The molecule has 0 aliphatic carbocycles. The average molecular weight is 268 g/mol. The fourth-order valence-electron chi connectivity index (χ4n) is 1.26. The van der Waals surface area contributed by atoms with Crippen LogP contribution in [0.2, 0.25) is 0 Å². The molecule has 0 heterocycles. The highest BCUT2D eigenvalue weighted by Crippen LogP contribution is 2.01. The Morgan fingerprint density at radius 2 is 2.00 bits per heavy atom. The molecule has 0 radical (unpaired) electrons. The highest BCUT2D eigenvalue weighted by Gasteiger charge is 2.20. The molecule has 0 aliphatic rings. The zero-order valence-corrected chi connectivity index (χ0v) is 11.5. The lowest BCUT2D eigenvalue weighted by Crippen LogP contribution is -2.39. The standard InChI is InChI=1S/C10H24N2O4S/c1-3-10(9-11)17(13,14)12-5-4-6-16-8-7-15-2/h10,12H,3-9,11H2,1-2H3. The van der Waals surface area contributed by atoms with Crippen LogP contribution >= 0.6 is 0 Å². The van der Waals surface area contributed by atoms with Gasteiger partial charge in [-0.2, -0.15) is 0 Å². The molecule has 0 saturated heterocycles. The molecule has 1 unspecified atom stereocenters. The van der Waals surface area contributed by atoms with E-state index < -0.39 is 15.3 Å². The molecule has 6 nitrogen and oxygen atoms in total. The van der Waals surface area contributed by atoms with Crippen LogP contribution in [0.4, 0.5) is 0 Å². The molecule has 0 amide bonds. The van der Waals surface area contributed by atoms with Crippen LogP contribution in [0.5, 0.6) is 0 Å². The molecule has 1 atom stereocenters. The maximum Gasteiger partial charge on any atom is 0.215 e. The number of rotatable bonds is 11. The van der Waals surface area contributed by atoms with E-state index in [0.29, 0.717) is 39.2 Å². The minimum Gasteiger partial charge on any atom is -0.382 e. The van der Waals surface area contributed by atoms with E-state index in [1.165, 1.54) is 0 Å². The van der Waals surface area contributed by atoms with Gasteiger partial charge in [-0.05, 0) is 12.8 Å². The van der Waals surface area contributed by atoms with E-state index in [1.807, 2.05) is 6.92 Å². The number of sulfonamides is 1. The number of nitrogens with one attached hydrogen (secondary N) is 1. The molecule has 0 bridgehead atoms. The molecular formula is C10H24N2O4S. The van der Waals surface area contributed by atoms with E-state index in [1.54, 1.807) is 7.11 Å². The molecule has 0 aliphatic heterocycles. The summed E-state index contributed by atoms with van der Waals surface area (Å²) in [5, 5.41) is -0.503. The first kappa shape index (κ1) is 16.8. The van der Waals surface area contributed by atoms with Crippen molar-refractivity contribution in [1.82, 2.24) is 4.72 Å². The van der Waals surface area contributed by atoms with Gasteiger partial charge in [0.1, 0.15) is 0 Å². The third-order valence-corrected chi connectivity index (χ3v) is 4.37. The lowest BCUT2D eigenvalue weighted by atomic mass is 10.3. The molecule has 0 rings (SSSR count). The molecule has 0 aromatic carbocycles. The highest BCUT2D eigenvalue weighted by molar-refractivity contribution is 7.90. The van der Waals surface area contributed by atoms with Gasteiger partial charge in [-0.3, -0.25) is 0 Å². The zero-order valence-electron chi connectivity index (χ0n) is 10.6. The van der Waals surface area contributed by atoms with Crippen molar-refractivity contribution in [2.24, 2.45) is 5.73 Å². The van der Waals surface area contributed by atoms with E-state index in [9.17, 15) is 8.42 Å². The van der Waals surface area contributed by atoms with Crippen LogP contribution in [0.3, 0.4) is 0 Å². The molecule has 0 fully saturated rings. The van der Waals surface area contributed by atoms with Crippen LogP contribution in [0, 0.1) is 0 Å². The summed E-state index contributed by atoms with van der Waals surface area (Å²) in [5.74, 6) is 0. The highest BCUT2D eigenvalue weighted by atomic mass is 32.2. The average Bonchev–Trinajstić information content (AvgIpc) is 2.29. The number of hydrogen-bond acceptors (Lipinski definition) is 5. The number of methoxy groups -OCH3 is 1. The number of hydrogen-bond donors (Lipinski definition) is 2. The van der Waals surface area contributed by atoms with Crippen molar-refractivity contribution in [3.8, 4) is 0 Å². The van der Waals surface area contributed by atoms with Crippen LogP contribution < -0.4 is 10.5 Å². The van der Waals surface area contributed by atoms with Crippen LogP contribution in [0.1, 0.15) is 19.8 Å². The van der Waals surface area contributed by atoms with Crippen molar-refractivity contribution in [3.63, 3.8) is 0 Å². The summed E-state index contributed by atoms with van der Waals surface area (Å²) in [6, 6.07) is 0. The van der Waals surface area contributed by atoms with Gasteiger partial charge in [0.05, 0.1) is 18.5 Å². The van der Waals surface area contributed by atoms with Crippen LogP contribution in [-0.4, -0.2) is 53.7 Å². The molecule has 0 aromatic rings. The van der Waals surface area contributed by atoms with Gasteiger partial charge in [-0.25, -0.2) is 13.1 Å². The lowest BCUT2D eigenvalue weighted by Gasteiger charge is -2.14. The van der Waals surface area contributed by atoms with Gasteiger partial charge in [-0.1, -0.05) is 6.92 Å². The predicted molar refractivity (Wildman–Crippen MR) is 67.4 cm³/mol. The fourth-order valence-corrected chi connectivity index (χ4v) is 2.62. The van der Waals surface area contributed by atoms with Gasteiger partial charge < -0.3 is 15.2 Å². The molecular weight excluding hydrogens is 244 g/mol. The lowest BCUT2D eigenvalue weighted by molar-refractivity contribution is 0.0699. The SMILES string of the molecule is CCC(CN)S(=O)(=O)NCCCOCCOC. The van der Waals surface area contributed by atoms with Gasteiger partial charge in [0.2, 0.25) is 10.0 Å². The van der Waals surface area contributed by atoms with Gasteiger partial charge in [0, 0.05) is 26.8 Å². The van der Waals surface area contributed by atoms with Gasteiger partial charge in [-0.15, -0.1) is 0 Å². The maximum absolute atomic E-state index is 11.7. The summed E-state index contributed by atoms with van der Waals surface area (Å²) in [4.78, 5) is 0. The molecule has 0 spiro atoms. The molecule has 17 heavy (non-hydrogen) atoms. The van der Waals surface area contributed by atoms with E-state index in [4.69, 9.17) is 15.2 Å². The third kappa shape index (κ3) is 7.67. The Labute approximate surface area is 104 Å². The summed E-state index contributed by atoms with van der Waals surface area (Å²) in [7, 11) is -1.67.